The maximum atomic E-state index is 5.63. The Balaban J connectivity index is 2.30. The number of thiocarbonyl (C=S) groups is 1. The molecule has 0 amide bonds. The van der Waals surface area contributed by atoms with Crippen LogP contribution in [-0.4, -0.2) is 28.0 Å². The van der Waals surface area contributed by atoms with E-state index in [0.29, 0.717) is 22.5 Å². The van der Waals surface area contributed by atoms with E-state index in [4.69, 9.17) is 18.0 Å². The molecule has 2 atom stereocenters. The van der Waals surface area contributed by atoms with Crippen LogP contribution < -0.4 is 10.6 Å². The fourth-order valence-electron chi connectivity index (χ4n) is 2.11. The molecule has 0 aromatic carbocycles. The highest BCUT2D eigenvalue weighted by Gasteiger charge is 2.28. The fraction of sp³-hybridized carbons (Fsp3) is 0.583. The predicted molar refractivity (Wildman–Crippen MR) is 73.2 cm³/mol. The van der Waals surface area contributed by atoms with Crippen LogP contribution in [0.25, 0.3) is 0 Å². The summed E-state index contributed by atoms with van der Waals surface area (Å²) >= 11 is 4.97. The summed E-state index contributed by atoms with van der Waals surface area (Å²) in [5, 5.41) is 0. The van der Waals surface area contributed by atoms with Crippen molar-refractivity contribution in [2.75, 3.05) is 18.0 Å². The van der Waals surface area contributed by atoms with E-state index >= 15 is 0 Å². The minimum absolute atomic E-state index is 0.331. The zero-order chi connectivity index (χ0) is 12.6. The number of aromatic nitrogens is 2. The van der Waals surface area contributed by atoms with Gasteiger partial charge in [-0.25, -0.2) is 9.97 Å². The minimum Gasteiger partial charge on any atom is -0.388 e. The number of nitrogens with two attached hydrogens (primary N) is 1. The Bertz CT molecular complexity index is 436. The number of nitrogens with zero attached hydrogens (tertiary/aromatic N) is 3. The Morgan fingerprint density at radius 2 is 1.94 bits per heavy atom. The molecule has 0 aliphatic carbocycles. The molecule has 0 spiro atoms. The van der Waals surface area contributed by atoms with E-state index in [9.17, 15) is 0 Å². The Hall–Kier alpha value is -1.23. The van der Waals surface area contributed by atoms with Gasteiger partial charge in [-0.15, -0.1) is 0 Å². The van der Waals surface area contributed by atoms with Crippen molar-refractivity contribution in [2.45, 2.75) is 20.8 Å². The molecule has 2 heterocycles. The Labute approximate surface area is 107 Å². The van der Waals surface area contributed by atoms with E-state index in [1.54, 1.807) is 0 Å². The van der Waals surface area contributed by atoms with Crippen LogP contribution in [0.3, 0.4) is 0 Å². The van der Waals surface area contributed by atoms with Gasteiger partial charge >= 0.3 is 0 Å². The van der Waals surface area contributed by atoms with Gasteiger partial charge in [0, 0.05) is 18.8 Å². The molecule has 0 bridgehead atoms. The van der Waals surface area contributed by atoms with E-state index in [2.05, 4.69) is 28.7 Å². The second kappa shape index (κ2) is 4.56. The monoisotopic (exact) mass is 250 g/mol. The lowest BCUT2D eigenvalue weighted by Crippen LogP contribution is -2.24. The fourth-order valence-corrected chi connectivity index (χ4v) is 2.22. The quantitative estimate of drug-likeness (QED) is 0.806. The van der Waals surface area contributed by atoms with Crippen molar-refractivity contribution in [1.29, 1.82) is 0 Å². The molecular weight excluding hydrogens is 232 g/mol. The molecule has 5 heteroatoms. The topological polar surface area (TPSA) is 55.0 Å². The van der Waals surface area contributed by atoms with Gasteiger partial charge in [-0.3, -0.25) is 0 Å². The third-order valence-corrected chi connectivity index (χ3v) is 3.57. The van der Waals surface area contributed by atoms with Crippen LogP contribution in [0.2, 0.25) is 0 Å². The van der Waals surface area contributed by atoms with Crippen LogP contribution in [0.1, 0.15) is 25.2 Å². The van der Waals surface area contributed by atoms with Crippen molar-refractivity contribution in [3.63, 3.8) is 0 Å². The molecule has 1 aromatic heterocycles. The van der Waals surface area contributed by atoms with Crippen molar-refractivity contribution in [3.05, 3.63) is 17.5 Å². The van der Waals surface area contributed by atoms with Gasteiger partial charge in [-0.05, 0) is 24.8 Å². The predicted octanol–water partition coefficient (Wildman–Crippen LogP) is 1.51. The van der Waals surface area contributed by atoms with Crippen molar-refractivity contribution in [1.82, 2.24) is 9.97 Å². The molecule has 1 aromatic rings. The Morgan fingerprint density at radius 3 is 2.47 bits per heavy atom. The van der Waals surface area contributed by atoms with E-state index in [-0.39, 0.29) is 0 Å². The second-order valence-electron chi connectivity index (χ2n) is 4.92. The van der Waals surface area contributed by atoms with Gasteiger partial charge in [0.05, 0.1) is 0 Å². The average Bonchev–Trinajstić information content (AvgIpc) is 2.58. The zero-order valence-electron chi connectivity index (χ0n) is 10.5. The first-order valence-electron chi connectivity index (χ1n) is 5.88. The molecular formula is C12H18N4S. The molecule has 0 radical (unpaired) electrons. The van der Waals surface area contributed by atoms with Gasteiger partial charge < -0.3 is 10.6 Å². The molecule has 2 rings (SSSR count). The lowest BCUT2D eigenvalue weighted by Gasteiger charge is -2.17. The SMILES string of the molecule is Cc1cc(C(N)=S)nc(N2CC(C)C(C)C2)n1. The van der Waals surface area contributed by atoms with Gasteiger partial charge in [0.15, 0.2) is 0 Å². The van der Waals surface area contributed by atoms with E-state index < -0.39 is 0 Å². The van der Waals surface area contributed by atoms with Crippen molar-refractivity contribution >= 4 is 23.2 Å². The maximum Gasteiger partial charge on any atom is 0.226 e. The van der Waals surface area contributed by atoms with Gasteiger partial charge in [0.1, 0.15) is 10.7 Å². The molecule has 0 saturated carbocycles. The average molecular weight is 250 g/mol. The molecule has 1 fully saturated rings. The zero-order valence-corrected chi connectivity index (χ0v) is 11.3. The third-order valence-electron chi connectivity index (χ3n) is 3.37. The third kappa shape index (κ3) is 2.54. The number of hydrogen-bond acceptors (Lipinski definition) is 4. The Morgan fingerprint density at radius 1 is 1.35 bits per heavy atom. The van der Waals surface area contributed by atoms with Crippen LogP contribution in [0.15, 0.2) is 6.07 Å². The number of rotatable bonds is 2. The summed E-state index contributed by atoms with van der Waals surface area (Å²) in [6.07, 6.45) is 0. The first kappa shape index (κ1) is 12.2. The first-order valence-corrected chi connectivity index (χ1v) is 6.28. The molecule has 2 unspecified atom stereocenters. The highest BCUT2D eigenvalue weighted by Crippen LogP contribution is 2.25. The summed E-state index contributed by atoms with van der Waals surface area (Å²) in [5.74, 6) is 2.10. The number of aryl methyl sites for hydroxylation is 1. The van der Waals surface area contributed by atoms with E-state index in [1.165, 1.54) is 0 Å². The van der Waals surface area contributed by atoms with Gasteiger partial charge in [-0.1, -0.05) is 26.1 Å². The summed E-state index contributed by atoms with van der Waals surface area (Å²) < 4.78 is 0. The summed E-state index contributed by atoms with van der Waals surface area (Å²) in [6, 6.07) is 1.83. The second-order valence-corrected chi connectivity index (χ2v) is 5.36. The van der Waals surface area contributed by atoms with Crippen molar-refractivity contribution in [2.24, 2.45) is 17.6 Å². The van der Waals surface area contributed by atoms with Crippen LogP contribution in [0, 0.1) is 18.8 Å². The van der Waals surface area contributed by atoms with Gasteiger partial charge in [0.25, 0.3) is 0 Å². The van der Waals surface area contributed by atoms with Gasteiger partial charge in [-0.2, -0.15) is 0 Å². The standard InChI is InChI=1S/C12H18N4S/c1-7-5-16(6-8(7)2)12-14-9(3)4-10(15-12)11(13)17/h4,7-8H,5-6H2,1-3H3,(H2,13,17). The van der Waals surface area contributed by atoms with Crippen LogP contribution in [-0.2, 0) is 0 Å². The van der Waals surface area contributed by atoms with Gasteiger partial charge in [0.2, 0.25) is 5.95 Å². The highest BCUT2D eigenvalue weighted by atomic mass is 32.1. The molecule has 1 aliphatic rings. The number of anilines is 1. The summed E-state index contributed by atoms with van der Waals surface area (Å²) in [6.45, 7) is 8.46. The van der Waals surface area contributed by atoms with Crippen LogP contribution in [0.5, 0.6) is 0 Å². The maximum absolute atomic E-state index is 5.63. The summed E-state index contributed by atoms with van der Waals surface area (Å²) in [5.41, 5.74) is 7.20. The largest absolute Gasteiger partial charge is 0.388 e. The van der Waals surface area contributed by atoms with Crippen LogP contribution in [0.4, 0.5) is 5.95 Å². The molecule has 1 saturated heterocycles. The molecule has 1 aliphatic heterocycles. The first-order chi connectivity index (χ1) is 7.97. The van der Waals surface area contributed by atoms with Crippen molar-refractivity contribution in [3.8, 4) is 0 Å². The smallest absolute Gasteiger partial charge is 0.226 e. The molecule has 17 heavy (non-hydrogen) atoms. The normalized spacial score (nSPS) is 24.1. The lowest BCUT2D eigenvalue weighted by atomic mass is 10.0. The Kier molecular flexibility index (Phi) is 3.28. The van der Waals surface area contributed by atoms with Crippen LogP contribution >= 0.6 is 12.2 Å². The molecule has 92 valence electrons. The molecule has 2 N–H and O–H groups in total. The summed E-state index contributed by atoms with van der Waals surface area (Å²) in [7, 11) is 0. The van der Waals surface area contributed by atoms with E-state index in [0.717, 1.165) is 24.7 Å². The number of hydrogen-bond donors (Lipinski definition) is 1. The minimum atomic E-state index is 0.331. The van der Waals surface area contributed by atoms with E-state index in [1.807, 2.05) is 13.0 Å². The summed E-state index contributed by atoms with van der Waals surface area (Å²) in [4.78, 5) is 11.4. The molecule has 4 nitrogen and oxygen atoms in total. The lowest BCUT2D eigenvalue weighted by molar-refractivity contribution is 0.494. The highest BCUT2D eigenvalue weighted by molar-refractivity contribution is 7.80. The van der Waals surface area contributed by atoms with Crippen molar-refractivity contribution < 1.29 is 0 Å².